The van der Waals surface area contributed by atoms with E-state index in [4.69, 9.17) is 4.74 Å². The molecule has 1 heterocycles. The normalized spacial score (nSPS) is 13.0. The predicted octanol–water partition coefficient (Wildman–Crippen LogP) is 0.465. The van der Waals surface area contributed by atoms with Gasteiger partial charge < -0.3 is 10.1 Å². The lowest BCUT2D eigenvalue weighted by molar-refractivity contribution is 0.183. The third-order valence-corrected chi connectivity index (χ3v) is 2.50. The van der Waals surface area contributed by atoms with Crippen molar-refractivity contribution < 1.29 is 4.74 Å². The highest BCUT2D eigenvalue weighted by atomic mass is 16.5. The van der Waals surface area contributed by atoms with Gasteiger partial charge >= 0.3 is 0 Å². The number of hydrogen-bond acceptors (Lipinski definition) is 4. The molecule has 0 aliphatic rings. The Morgan fingerprint density at radius 3 is 3.00 bits per heavy atom. The minimum absolute atomic E-state index is 0.402. The molecule has 15 heavy (non-hydrogen) atoms. The van der Waals surface area contributed by atoms with Gasteiger partial charge in [-0.05, 0) is 20.4 Å². The van der Waals surface area contributed by atoms with E-state index in [0.29, 0.717) is 6.04 Å². The van der Waals surface area contributed by atoms with Crippen LogP contribution in [0.15, 0.2) is 6.33 Å². The summed E-state index contributed by atoms with van der Waals surface area (Å²) in [6.45, 7) is 3.71. The molecule has 1 aromatic heterocycles. The molecule has 0 bridgehead atoms. The fourth-order valence-corrected chi connectivity index (χ4v) is 1.54. The molecule has 0 spiro atoms. The Hall–Kier alpha value is -0.940. The number of aromatic nitrogens is 3. The molecule has 0 aromatic carbocycles. The topological polar surface area (TPSA) is 52.0 Å². The molecule has 0 aliphatic heterocycles. The Labute approximate surface area is 90.8 Å². The molecule has 5 heteroatoms. The number of nitrogens with one attached hydrogen (secondary N) is 1. The van der Waals surface area contributed by atoms with Crippen LogP contribution in [0.2, 0.25) is 0 Å². The maximum absolute atomic E-state index is 5.07. The van der Waals surface area contributed by atoms with Crippen LogP contribution in [0.1, 0.15) is 19.2 Å². The third kappa shape index (κ3) is 3.60. The lowest BCUT2D eigenvalue weighted by Gasteiger charge is -2.15. The van der Waals surface area contributed by atoms with Crippen LogP contribution in [0.4, 0.5) is 0 Å². The van der Waals surface area contributed by atoms with Gasteiger partial charge in [0.2, 0.25) is 0 Å². The molecule has 1 atom stereocenters. The Kier molecular flexibility index (Phi) is 5.28. The highest BCUT2D eigenvalue weighted by molar-refractivity contribution is 4.89. The zero-order valence-corrected chi connectivity index (χ0v) is 9.73. The van der Waals surface area contributed by atoms with Crippen molar-refractivity contribution in [1.82, 2.24) is 20.1 Å². The minimum Gasteiger partial charge on any atom is -0.385 e. The summed E-state index contributed by atoms with van der Waals surface area (Å²) in [6.07, 6.45) is 3.50. The maximum Gasteiger partial charge on any atom is 0.138 e. The van der Waals surface area contributed by atoms with E-state index in [1.165, 1.54) is 0 Å². The summed E-state index contributed by atoms with van der Waals surface area (Å²) < 4.78 is 6.99. The van der Waals surface area contributed by atoms with Gasteiger partial charge in [-0.25, -0.2) is 4.98 Å². The molecule has 0 amide bonds. The molecule has 5 nitrogen and oxygen atoms in total. The molecule has 1 rings (SSSR count). The summed E-state index contributed by atoms with van der Waals surface area (Å²) in [5.41, 5.74) is 0. The van der Waals surface area contributed by atoms with Crippen molar-refractivity contribution in [3.05, 3.63) is 12.2 Å². The first-order chi connectivity index (χ1) is 7.31. The third-order valence-electron chi connectivity index (χ3n) is 2.50. The van der Waals surface area contributed by atoms with Crippen molar-refractivity contribution >= 4 is 0 Å². The van der Waals surface area contributed by atoms with Crippen molar-refractivity contribution in [3.63, 3.8) is 0 Å². The average Bonchev–Trinajstić information content (AvgIpc) is 2.71. The average molecular weight is 212 g/mol. The van der Waals surface area contributed by atoms with Crippen LogP contribution in [-0.4, -0.2) is 41.6 Å². The fraction of sp³-hybridized carbons (Fsp3) is 0.800. The number of methoxy groups -OCH3 is 1. The van der Waals surface area contributed by atoms with Gasteiger partial charge in [0.1, 0.15) is 12.2 Å². The molecule has 1 unspecified atom stereocenters. The van der Waals surface area contributed by atoms with E-state index in [0.717, 1.165) is 31.8 Å². The van der Waals surface area contributed by atoms with Gasteiger partial charge in [0, 0.05) is 32.7 Å². The van der Waals surface area contributed by atoms with E-state index in [1.807, 2.05) is 11.7 Å². The summed E-state index contributed by atoms with van der Waals surface area (Å²) >= 11 is 0. The molecule has 86 valence electrons. The highest BCUT2D eigenvalue weighted by Crippen LogP contribution is 2.02. The van der Waals surface area contributed by atoms with Crippen LogP contribution in [0.25, 0.3) is 0 Å². The van der Waals surface area contributed by atoms with Gasteiger partial charge in [0.25, 0.3) is 0 Å². The summed E-state index contributed by atoms with van der Waals surface area (Å²) in [5, 5.41) is 7.41. The first-order valence-corrected chi connectivity index (χ1v) is 5.34. The molecular weight excluding hydrogens is 192 g/mol. The first-order valence-electron chi connectivity index (χ1n) is 5.34. The van der Waals surface area contributed by atoms with E-state index in [2.05, 4.69) is 22.3 Å². The van der Waals surface area contributed by atoms with E-state index in [1.54, 1.807) is 13.4 Å². The molecule has 0 saturated carbocycles. The Morgan fingerprint density at radius 2 is 2.40 bits per heavy atom. The summed E-state index contributed by atoms with van der Waals surface area (Å²) in [7, 11) is 3.69. The van der Waals surface area contributed by atoms with Crippen molar-refractivity contribution in [2.24, 2.45) is 0 Å². The molecule has 0 aliphatic carbocycles. The smallest absolute Gasteiger partial charge is 0.138 e. The van der Waals surface area contributed by atoms with Crippen molar-refractivity contribution in [1.29, 1.82) is 0 Å². The molecule has 1 aromatic rings. The van der Waals surface area contributed by atoms with Crippen LogP contribution >= 0.6 is 0 Å². The number of hydrogen-bond donors (Lipinski definition) is 1. The fourth-order valence-electron chi connectivity index (χ4n) is 1.54. The Balaban J connectivity index is 2.50. The van der Waals surface area contributed by atoms with Gasteiger partial charge in [-0.15, -0.1) is 0 Å². The van der Waals surface area contributed by atoms with E-state index < -0.39 is 0 Å². The second kappa shape index (κ2) is 6.53. The standard InChI is InChI=1S/C10H20N4O/c1-4-14-10(12-8-13-14)7-9(11-2)5-6-15-3/h8-9,11H,4-7H2,1-3H3. The molecule has 0 saturated heterocycles. The quantitative estimate of drug-likeness (QED) is 0.713. The van der Waals surface area contributed by atoms with Gasteiger partial charge in [-0.2, -0.15) is 5.10 Å². The van der Waals surface area contributed by atoms with Gasteiger partial charge in [0.15, 0.2) is 0 Å². The zero-order valence-electron chi connectivity index (χ0n) is 9.73. The van der Waals surface area contributed by atoms with Crippen LogP contribution in [0.5, 0.6) is 0 Å². The molecular formula is C10H20N4O. The number of rotatable bonds is 7. The van der Waals surface area contributed by atoms with Crippen LogP contribution in [-0.2, 0) is 17.7 Å². The summed E-state index contributed by atoms with van der Waals surface area (Å²) in [4.78, 5) is 4.25. The largest absolute Gasteiger partial charge is 0.385 e. The number of aryl methyl sites for hydroxylation is 1. The van der Waals surface area contributed by atoms with E-state index in [-0.39, 0.29) is 0 Å². The SMILES string of the molecule is CCn1ncnc1CC(CCOC)NC. The minimum atomic E-state index is 0.402. The lowest BCUT2D eigenvalue weighted by atomic mass is 10.1. The first kappa shape index (κ1) is 12.1. The Bertz CT molecular complexity index is 274. The highest BCUT2D eigenvalue weighted by Gasteiger charge is 2.11. The maximum atomic E-state index is 5.07. The van der Waals surface area contributed by atoms with Crippen molar-refractivity contribution in [2.45, 2.75) is 32.4 Å². The summed E-state index contributed by atoms with van der Waals surface area (Å²) in [5.74, 6) is 1.04. The van der Waals surface area contributed by atoms with Crippen molar-refractivity contribution in [3.8, 4) is 0 Å². The monoisotopic (exact) mass is 212 g/mol. The molecule has 0 fully saturated rings. The van der Waals surface area contributed by atoms with Gasteiger partial charge in [0.05, 0.1) is 0 Å². The van der Waals surface area contributed by atoms with E-state index in [9.17, 15) is 0 Å². The molecule has 0 radical (unpaired) electrons. The van der Waals surface area contributed by atoms with Gasteiger partial charge in [-0.1, -0.05) is 0 Å². The molecule has 1 N–H and O–H groups in total. The van der Waals surface area contributed by atoms with Crippen LogP contribution in [0.3, 0.4) is 0 Å². The van der Waals surface area contributed by atoms with Crippen LogP contribution in [0, 0.1) is 0 Å². The summed E-state index contributed by atoms with van der Waals surface area (Å²) in [6, 6.07) is 0.402. The van der Waals surface area contributed by atoms with Gasteiger partial charge in [-0.3, -0.25) is 4.68 Å². The second-order valence-corrected chi connectivity index (χ2v) is 3.46. The second-order valence-electron chi connectivity index (χ2n) is 3.46. The zero-order chi connectivity index (χ0) is 11.1. The Morgan fingerprint density at radius 1 is 1.60 bits per heavy atom. The predicted molar refractivity (Wildman–Crippen MR) is 58.7 cm³/mol. The number of ether oxygens (including phenoxy) is 1. The lowest BCUT2D eigenvalue weighted by Crippen LogP contribution is -2.30. The van der Waals surface area contributed by atoms with Crippen molar-refractivity contribution in [2.75, 3.05) is 20.8 Å². The van der Waals surface area contributed by atoms with Crippen LogP contribution < -0.4 is 5.32 Å². The number of likely N-dealkylation sites (N-methyl/N-ethyl adjacent to an activating group) is 1. The van der Waals surface area contributed by atoms with E-state index >= 15 is 0 Å². The number of nitrogens with zero attached hydrogens (tertiary/aromatic N) is 3.